The van der Waals surface area contributed by atoms with Crippen LogP contribution in [0.3, 0.4) is 0 Å². The Morgan fingerprint density at radius 1 is 0.957 bits per heavy atom. The Balaban J connectivity index is 1.67. The third-order valence-corrected chi connectivity index (χ3v) is 8.83. The highest BCUT2D eigenvalue weighted by atomic mass is 16.2. The first kappa shape index (κ1) is 15.8. The summed E-state index contributed by atoms with van der Waals surface area (Å²) in [7, 11) is 0. The number of Topliss-reactive ketones (excluding diaryl/α,β-unsaturated/α-hetero) is 2. The molecule has 4 aliphatic rings. The molecule has 0 heterocycles. The van der Waals surface area contributed by atoms with Gasteiger partial charge in [0, 0.05) is 6.42 Å². The molecule has 4 rings (SSSR count). The van der Waals surface area contributed by atoms with E-state index in [1.807, 2.05) is 0 Å². The molecule has 0 amide bonds. The second-order valence-corrected chi connectivity index (χ2v) is 9.66. The van der Waals surface area contributed by atoms with Crippen molar-refractivity contribution < 1.29 is 9.59 Å². The largest absolute Gasteiger partial charge is 0.299 e. The first-order valence-electron chi connectivity index (χ1n) is 9.91. The zero-order valence-electron chi connectivity index (χ0n) is 15.1. The van der Waals surface area contributed by atoms with Gasteiger partial charge in [0.1, 0.15) is 11.6 Å². The van der Waals surface area contributed by atoms with Crippen molar-refractivity contribution in [2.24, 2.45) is 40.4 Å². The highest BCUT2D eigenvalue weighted by Crippen LogP contribution is 2.66. The molecule has 1 unspecified atom stereocenters. The molecule has 0 aromatic carbocycles. The molecule has 4 saturated carbocycles. The number of fused-ring (bicyclic) bond motifs is 5. The monoisotopic (exact) mass is 316 g/mol. The third-order valence-electron chi connectivity index (χ3n) is 8.83. The number of hydrogen-bond donors (Lipinski definition) is 0. The molecule has 4 fully saturated rings. The van der Waals surface area contributed by atoms with Gasteiger partial charge >= 0.3 is 0 Å². The van der Waals surface area contributed by atoms with Crippen LogP contribution in [0.1, 0.15) is 78.6 Å². The zero-order valence-corrected chi connectivity index (χ0v) is 15.1. The summed E-state index contributed by atoms with van der Waals surface area (Å²) in [6.07, 6.45) is 11.3. The van der Waals surface area contributed by atoms with Gasteiger partial charge in [-0.2, -0.15) is 0 Å². The lowest BCUT2D eigenvalue weighted by Crippen LogP contribution is -2.53. The average Bonchev–Trinajstić information content (AvgIpc) is 2.77. The van der Waals surface area contributed by atoms with Gasteiger partial charge in [0.15, 0.2) is 0 Å². The van der Waals surface area contributed by atoms with Crippen molar-refractivity contribution >= 4 is 11.6 Å². The van der Waals surface area contributed by atoms with Gasteiger partial charge in [-0.3, -0.25) is 9.59 Å². The molecule has 0 saturated heterocycles. The van der Waals surface area contributed by atoms with Crippen LogP contribution >= 0.6 is 0 Å². The van der Waals surface area contributed by atoms with E-state index in [4.69, 9.17) is 0 Å². The zero-order chi connectivity index (χ0) is 16.4. The summed E-state index contributed by atoms with van der Waals surface area (Å²) in [5, 5.41) is 0. The fourth-order valence-corrected chi connectivity index (χ4v) is 7.78. The van der Waals surface area contributed by atoms with Crippen molar-refractivity contribution in [1.82, 2.24) is 0 Å². The Morgan fingerprint density at radius 2 is 1.74 bits per heavy atom. The van der Waals surface area contributed by atoms with E-state index in [-0.39, 0.29) is 22.9 Å². The normalized spacial score (nSPS) is 52.5. The van der Waals surface area contributed by atoms with Crippen molar-refractivity contribution in [3.8, 4) is 0 Å². The van der Waals surface area contributed by atoms with Crippen molar-refractivity contribution in [3.63, 3.8) is 0 Å². The minimum absolute atomic E-state index is 0.0397. The van der Waals surface area contributed by atoms with Crippen LogP contribution in [0.25, 0.3) is 0 Å². The Bertz CT molecular complexity index is 538. The topological polar surface area (TPSA) is 34.1 Å². The second kappa shape index (κ2) is 5.17. The van der Waals surface area contributed by atoms with Gasteiger partial charge in [-0.1, -0.05) is 26.7 Å². The van der Waals surface area contributed by atoms with E-state index in [0.29, 0.717) is 23.7 Å². The quantitative estimate of drug-likeness (QED) is 0.651. The van der Waals surface area contributed by atoms with Gasteiger partial charge in [-0.15, -0.1) is 0 Å². The molecule has 0 bridgehead atoms. The smallest absolute Gasteiger partial charge is 0.144 e. The molecule has 0 spiro atoms. The molecule has 7 atom stereocenters. The number of ketones is 2. The van der Waals surface area contributed by atoms with E-state index in [2.05, 4.69) is 13.8 Å². The van der Waals surface area contributed by atoms with Crippen molar-refractivity contribution in [3.05, 3.63) is 0 Å². The number of hydrogen-bond acceptors (Lipinski definition) is 2. The van der Waals surface area contributed by atoms with Crippen molar-refractivity contribution in [1.29, 1.82) is 0 Å². The molecule has 4 aliphatic carbocycles. The maximum atomic E-state index is 12.6. The average molecular weight is 316 g/mol. The van der Waals surface area contributed by atoms with Crippen LogP contribution in [-0.4, -0.2) is 11.6 Å². The van der Waals surface area contributed by atoms with E-state index in [0.717, 1.165) is 18.3 Å². The fourth-order valence-electron chi connectivity index (χ4n) is 7.78. The van der Waals surface area contributed by atoms with Gasteiger partial charge in [0.2, 0.25) is 0 Å². The van der Waals surface area contributed by atoms with Crippen LogP contribution in [0.4, 0.5) is 0 Å². The van der Waals surface area contributed by atoms with Gasteiger partial charge < -0.3 is 0 Å². The molecular weight excluding hydrogens is 284 g/mol. The van der Waals surface area contributed by atoms with Gasteiger partial charge in [0.05, 0.1) is 5.92 Å². The van der Waals surface area contributed by atoms with Crippen molar-refractivity contribution in [2.75, 3.05) is 0 Å². The number of carbonyl (C=O) groups excluding carboxylic acids is 2. The van der Waals surface area contributed by atoms with Gasteiger partial charge in [-0.25, -0.2) is 0 Å². The predicted octanol–water partition coefficient (Wildman–Crippen LogP) is 4.80. The summed E-state index contributed by atoms with van der Waals surface area (Å²) >= 11 is 0. The molecule has 0 radical (unpaired) electrons. The van der Waals surface area contributed by atoms with E-state index >= 15 is 0 Å². The van der Waals surface area contributed by atoms with Crippen LogP contribution in [0.2, 0.25) is 0 Å². The molecule has 23 heavy (non-hydrogen) atoms. The maximum absolute atomic E-state index is 12.6. The van der Waals surface area contributed by atoms with Crippen LogP contribution in [-0.2, 0) is 9.59 Å². The molecule has 0 aromatic rings. The first-order valence-corrected chi connectivity index (χ1v) is 9.91. The second-order valence-electron chi connectivity index (χ2n) is 9.66. The molecule has 0 aromatic heterocycles. The Labute approximate surface area is 140 Å². The van der Waals surface area contributed by atoms with E-state index < -0.39 is 0 Å². The third kappa shape index (κ3) is 2.05. The van der Waals surface area contributed by atoms with Gasteiger partial charge in [0.25, 0.3) is 0 Å². The standard InChI is InChI=1S/C21H32O2/c1-13(22)19-18(23)12-17-15-8-7-14-6-4-5-10-20(14,2)16(15)9-11-21(17,19)3/h14-17,19H,4-12H2,1-3H3/t14?,15-,16+,17+,19+,20+,21+/m1/s1. The number of carbonyl (C=O) groups is 2. The first-order chi connectivity index (χ1) is 10.9. The summed E-state index contributed by atoms with van der Waals surface area (Å²) in [4.78, 5) is 24.8. The van der Waals surface area contributed by atoms with Crippen LogP contribution < -0.4 is 0 Å². The summed E-state index contributed by atoms with van der Waals surface area (Å²) in [6, 6.07) is 0. The molecule has 0 aliphatic heterocycles. The summed E-state index contributed by atoms with van der Waals surface area (Å²) in [6.45, 7) is 6.47. The minimum atomic E-state index is -0.301. The van der Waals surface area contributed by atoms with E-state index in [1.165, 1.54) is 44.9 Å². The lowest BCUT2D eigenvalue weighted by molar-refractivity contribution is -0.137. The van der Waals surface area contributed by atoms with Crippen molar-refractivity contribution in [2.45, 2.75) is 78.6 Å². The molecule has 0 N–H and O–H groups in total. The molecule has 128 valence electrons. The SMILES string of the molecule is CC(=O)[C@H]1C(=O)C[C@H]2[C@@H]3CCC4CCCC[C@]4(C)[C@H]3CC[C@]12C. The fraction of sp³-hybridized carbons (Fsp3) is 0.905. The highest BCUT2D eigenvalue weighted by molar-refractivity contribution is 6.04. The Morgan fingerprint density at radius 3 is 2.48 bits per heavy atom. The van der Waals surface area contributed by atoms with Crippen LogP contribution in [0, 0.1) is 40.4 Å². The Hall–Kier alpha value is -0.660. The predicted molar refractivity (Wildman–Crippen MR) is 90.9 cm³/mol. The van der Waals surface area contributed by atoms with E-state index in [9.17, 15) is 9.59 Å². The maximum Gasteiger partial charge on any atom is 0.144 e. The lowest BCUT2D eigenvalue weighted by atomic mass is 9.45. The molecular formula is C21H32O2. The minimum Gasteiger partial charge on any atom is -0.299 e. The van der Waals surface area contributed by atoms with Crippen LogP contribution in [0.15, 0.2) is 0 Å². The number of rotatable bonds is 1. The summed E-state index contributed by atoms with van der Waals surface area (Å²) < 4.78 is 0. The summed E-state index contributed by atoms with van der Waals surface area (Å²) in [5.74, 6) is 2.97. The van der Waals surface area contributed by atoms with E-state index in [1.54, 1.807) is 6.92 Å². The lowest BCUT2D eigenvalue weighted by Gasteiger charge is -2.60. The summed E-state index contributed by atoms with van der Waals surface area (Å²) in [5.41, 5.74) is 0.474. The Kier molecular flexibility index (Phi) is 3.56. The molecule has 2 heteroatoms. The molecule has 2 nitrogen and oxygen atoms in total. The highest BCUT2D eigenvalue weighted by Gasteiger charge is 2.62. The van der Waals surface area contributed by atoms with Gasteiger partial charge in [-0.05, 0) is 80.0 Å². The van der Waals surface area contributed by atoms with Crippen LogP contribution in [0.5, 0.6) is 0 Å².